The third-order valence-electron chi connectivity index (χ3n) is 6.42. The van der Waals surface area contributed by atoms with E-state index < -0.39 is 16.3 Å². The summed E-state index contributed by atoms with van der Waals surface area (Å²) >= 11 is 0. The lowest BCUT2D eigenvalue weighted by molar-refractivity contribution is 0.0437. The lowest BCUT2D eigenvalue weighted by atomic mass is 9.91. The van der Waals surface area contributed by atoms with Crippen molar-refractivity contribution in [3.05, 3.63) is 95.6 Å². The van der Waals surface area contributed by atoms with Gasteiger partial charge in [-0.2, -0.15) is 4.31 Å². The monoisotopic (exact) mass is 462 g/mol. The van der Waals surface area contributed by atoms with Gasteiger partial charge in [0.2, 0.25) is 16.3 Å². The number of sulfonamides is 1. The first-order valence-corrected chi connectivity index (χ1v) is 12.7. The molecule has 0 aromatic heterocycles. The van der Waals surface area contributed by atoms with Gasteiger partial charge in [-0.15, -0.1) is 0 Å². The highest BCUT2D eigenvalue weighted by atomic mass is 32.2. The number of benzene rings is 3. The van der Waals surface area contributed by atoms with Crippen LogP contribution in [0, 0.1) is 5.92 Å². The standard InChI is InChI=1S/C26H26N2O4S/c29-26-24-9-5-4-8-23(24)25(32-26)27-21-10-12-22(13-11-21)33(30,31)28-16-14-20(15-17-28)18-19-6-2-1-3-7-19/h1-13,20,25,27H,14-18H2. The van der Waals surface area contributed by atoms with Crippen LogP contribution in [0.1, 0.15) is 40.6 Å². The van der Waals surface area contributed by atoms with E-state index in [1.165, 1.54) is 5.56 Å². The van der Waals surface area contributed by atoms with E-state index in [1.54, 1.807) is 40.7 Å². The second-order valence-corrected chi connectivity index (χ2v) is 10.5. The molecular weight excluding hydrogens is 436 g/mol. The number of carbonyl (C=O) groups excluding carboxylic acids is 1. The molecule has 1 fully saturated rings. The number of hydrogen-bond acceptors (Lipinski definition) is 5. The third-order valence-corrected chi connectivity index (χ3v) is 8.33. The van der Waals surface area contributed by atoms with Crippen molar-refractivity contribution in [3.63, 3.8) is 0 Å². The fourth-order valence-corrected chi connectivity index (χ4v) is 6.05. The van der Waals surface area contributed by atoms with Gasteiger partial charge in [-0.3, -0.25) is 0 Å². The van der Waals surface area contributed by atoms with Gasteiger partial charge >= 0.3 is 5.97 Å². The highest BCUT2D eigenvalue weighted by Crippen LogP contribution is 2.32. The Morgan fingerprint density at radius 3 is 2.27 bits per heavy atom. The summed E-state index contributed by atoms with van der Waals surface area (Å²) in [5, 5.41) is 3.16. The molecule has 0 spiro atoms. The molecule has 0 aliphatic carbocycles. The number of rotatable bonds is 6. The molecule has 2 aliphatic heterocycles. The molecule has 1 saturated heterocycles. The Morgan fingerprint density at radius 1 is 0.879 bits per heavy atom. The number of anilines is 1. The maximum atomic E-state index is 13.2. The molecule has 33 heavy (non-hydrogen) atoms. The maximum Gasteiger partial charge on any atom is 0.340 e. The first kappa shape index (κ1) is 21.7. The van der Waals surface area contributed by atoms with Crippen molar-refractivity contribution in [2.75, 3.05) is 18.4 Å². The molecule has 1 N–H and O–H groups in total. The predicted octanol–water partition coefficient (Wildman–Crippen LogP) is 4.61. The van der Waals surface area contributed by atoms with Crippen molar-refractivity contribution in [2.24, 2.45) is 5.92 Å². The SMILES string of the molecule is O=C1OC(Nc2ccc(S(=O)(=O)N3CCC(Cc4ccccc4)CC3)cc2)c2ccccc21. The zero-order valence-electron chi connectivity index (χ0n) is 18.2. The van der Waals surface area contributed by atoms with Crippen LogP contribution in [0.5, 0.6) is 0 Å². The third kappa shape index (κ3) is 4.51. The first-order chi connectivity index (χ1) is 16.0. The first-order valence-electron chi connectivity index (χ1n) is 11.2. The molecule has 0 radical (unpaired) electrons. The van der Waals surface area contributed by atoms with Gasteiger partial charge in [0, 0.05) is 24.3 Å². The molecule has 3 aromatic rings. The summed E-state index contributed by atoms with van der Waals surface area (Å²) < 4.78 is 33.3. The number of nitrogens with zero attached hydrogens (tertiary/aromatic N) is 1. The number of ether oxygens (including phenoxy) is 1. The fourth-order valence-electron chi connectivity index (χ4n) is 4.58. The molecule has 5 rings (SSSR count). The lowest BCUT2D eigenvalue weighted by Crippen LogP contribution is -2.38. The minimum Gasteiger partial charge on any atom is -0.434 e. The molecule has 2 heterocycles. The van der Waals surface area contributed by atoms with E-state index in [9.17, 15) is 13.2 Å². The topological polar surface area (TPSA) is 75.7 Å². The van der Waals surface area contributed by atoms with Crippen LogP contribution >= 0.6 is 0 Å². The molecule has 1 atom stereocenters. The van der Waals surface area contributed by atoms with Crippen LogP contribution in [0.25, 0.3) is 0 Å². The van der Waals surface area contributed by atoms with Crippen molar-refractivity contribution < 1.29 is 17.9 Å². The molecule has 3 aromatic carbocycles. The molecule has 2 aliphatic rings. The quantitative estimate of drug-likeness (QED) is 0.542. The summed E-state index contributed by atoms with van der Waals surface area (Å²) in [7, 11) is -3.54. The summed E-state index contributed by atoms with van der Waals surface area (Å²) in [4.78, 5) is 12.3. The van der Waals surface area contributed by atoms with Crippen LogP contribution in [0.3, 0.4) is 0 Å². The van der Waals surface area contributed by atoms with E-state index in [0.29, 0.717) is 30.3 Å². The van der Waals surface area contributed by atoms with Crippen LogP contribution in [-0.2, 0) is 21.2 Å². The van der Waals surface area contributed by atoms with Crippen molar-refractivity contribution >= 4 is 21.7 Å². The van der Waals surface area contributed by atoms with E-state index >= 15 is 0 Å². The summed E-state index contributed by atoms with van der Waals surface area (Å²) in [6, 6.07) is 24.2. The Morgan fingerprint density at radius 2 is 1.55 bits per heavy atom. The number of nitrogens with one attached hydrogen (secondary N) is 1. The number of fused-ring (bicyclic) bond motifs is 1. The van der Waals surface area contributed by atoms with E-state index in [2.05, 4.69) is 17.4 Å². The van der Waals surface area contributed by atoms with Gasteiger partial charge in [-0.25, -0.2) is 13.2 Å². The average molecular weight is 463 g/mol. The van der Waals surface area contributed by atoms with Crippen LogP contribution in [-0.4, -0.2) is 31.8 Å². The molecule has 0 bridgehead atoms. The maximum absolute atomic E-state index is 13.2. The second-order valence-electron chi connectivity index (χ2n) is 8.58. The van der Waals surface area contributed by atoms with Gasteiger partial charge in [0.15, 0.2) is 0 Å². The summed E-state index contributed by atoms with van der Waals surface area (Å²) in [5.41, 5.74) is 3.31. The van der Waals surface area contributed by atoms with Crippen LogP contribution in [0.15, 0.2) is 83.8 Å². The predicted molar refractivity (Wildman–Crippen MR) is 126 cm³/mol. The fraction of sp³-hybridized carbons (Fsp3) is 0.269. The van der Waals surface area contributed by atoms with Crippen LogP contribution in [0.4, 0.5) is 5.69 Å². The zero-order chi connectivity index (χ0) is 22.8. The van der Waals surface area contributed by atoms with Gasteiger partial charge < -0.3 is 10.1 Å². The van der Waals surface area contributed by atoms with Crippen LogP contribution < -0.4 is 5.32 Å². The minimum absolute atomic E-state index is 0.276. The Balaban J connectivity index is 1.22. The van der Waals surface area contributed by atoms with Gasteiger partial charge in [0.05, 0.1) is 10.5 Å². The molecule has 0 amide bonds. The number of carbonyl (C=O) groups is 1. The molecule has 0 saturated carbocycles. The van der Waals surface area contributed by atoms with Crippen molar-refractivity contribution in [1.82, 2.24) is 4.31 Å². The van der Waals surface area contributed by atoms with Crippen LogP contribution in [0.2, 0.25) is 0 Å². The van der Waals surface area contributed by atoms with Gasteiger partial charge in [-0.1, -0.05) is 48.5 Å². The van der Waals surface area contributed by atoms with Crippen molar-refractivity contribution in [3.8, 4) is 0 Å². The highest BCUT2D eigenvalue weighted by Gasteiger charge is 2.31. The van der Waals surface area contributed by atoms with E-state index in [0.717, 1.165) is 24.8 Å². The number of piperidine rings is 1. The summed E-state index contributed by atoms with van der Waals surface area (Å²) in [6.45, 7) is 1.07. The molecule has 1 unspecified atom stereocenters. The Labute approximate surface area is 194 Å². The minimum atomic E-state index is -3.54. The molecule has 6 nitrogen and oxygen atoms in total. The van der Waals surface area contributed by atoms with Gasteiger partial charge in [0.1, 0.15) is 0 Å². The Hall–Kier alpha value is -3.16. The molecule has 7 heteroatoms. The van der Waals surface area contributed by atoms with E-state index in [-0.39, 0.29) is 10.9 Å². The number of esters is 1. The number of hydrogen-bond donors (Lipinski definition) is 1. The normalized spacial score (nSPS) is 19.2. The van der Waals surface area contributed by atoms with E-state index in [4.69, 9.17) is 4.74 Å². The Bertz CT molecular complexity index is 1230. The summed E-state index contributed by atoms with van der Waals surface area (Å²) in [6.07, 6.45) is 2.13. The van der Waals surface area contributed by atoms with E-state index in [1.807, 2.05) is 30.3 Å². The highest BCUT2D eigenvalue weighted by molar-refractivity contribution is 7.89. The molecular formula is C26H26N2O4S. The number of cyclic esters (lactones) is 1. The second kappa shape index (κ2) is 9.00. The van der Waals surface area contributed by atoms with Crippen molar-refractivity contribution in [1.29, 1.82) is 0 Å². The van der Waals surface area contributed by atoms with Gasteiger partial charge in [-0.05, 0) is 61.1 Å². The molecule has 170 valence electrons. The summed E-state index contributed by atoms with van der Waals surface area (Å²) in [5.74, 6) is 0.139. The average Bonchev–Trinajstić information content (AvgIpc) is 3.16. The lowest BCUT2D eigenvalue weighted by Gasteiger charge is -2.31. The largest absolute Gasteiger partial charge is 0.434 e. The van der Waals surface area contributed by atoms with Crippen molar-refractivity contribution in [2.45, 2.75) is 30.4 Å². The van der Waals surface area contributed by atoms with Gasteiger partial charge in [0.25, 0.3) is 0 Å². The smallest absolute Gasteiger partial charge is 0.340 e. The zero-order valence-corrected chi connectivity index (χ0v) is 19.0. The Kier molecular flexibility index (Phi) is 5.91.